The van der Waals surface area contributed by atoms with Gasteiger partial charge in [0.1, 0.15) is 5.01 Å². The predicted molar refractivity (Wildman–Crippen MR) is 69.5 cm³/mol. The molecule has 17 heavy (non-hydrogen) atoms. The zero-order valence-corrected chi connectivity index (χ0v) is 11.0. The highest BCUT2D eigenvalue weighted by Gasteiger charge is 2.40. The SMILES string of the molecule is NCC1(c2nc(C3CCOCC3)cs2)CCC1. The minimum absolute atomic E-state index is 0.230. The monoisotopic (exact) mass is 252 g/mol. The molecule has 3 rings (SSSR count). The largest absolute Gasteiger partial charge is 0.381 e. The third kappa shape index (κ3) is 2.02. The van der Waals surface area contributed by atoms with Crippen molar-refractivity contribution in [2.45, 2.75) is 43.4 Å². The van der Waals surface area contributed by atoms with E-state index < -0.39 is 0 Å². The van der Waals surface area contributed by atoms with E-state index in [1.54, 1.807) is 0 Å². The normalized spacial score (nSPS) is 24.5. The number of nitrogens with two attached hydrogens (primary N) is 1. The summed E-state index contributed by atoms with van der Waals surface area (Å²) < 4.78 is 5.40. The third-order valence-corrected chi connectivity index (χ3v) is 5.42. The van der Waals surface area contributed by atoms with Crippen LogP contribution in [-0.2, 0) is 10.2 Å². The molecule has 3 nitrogen and oxygen atoms in total. The Hall–Kier alpha value is -0.450. The Kier molecular flexibility index (Phi) is 3.19. The van der Waals surface area contributed by atoms with Crippen LogP contribution in [0.15, 0.2) is 5.38 Å². The summed E-state index contributed by atoms with van der Waals surface area (Å²) in [5.41, 5.74) is 7.45. The minimum Gasteiger partial charge on any atom is -0.381 e. The molecule has 1 aliphatic carbocycles. The van der Waals surface area contributed by atoms with Crippen molar-refractivity contribution in [1.82, 2.24) is 4.98 Å². The molecule has 2 aliphatic rings. The van der Waals surface area contributed by atoms with Gasteiger partial charge >= 0.3 is 0 Å². The molecule has 4 heteroatoms. The molecular weight excluding hydrogens is 232 g/mol. The fraction of sp³-hybridized carbons (Fsp3) is 0.769. The molecule has 1 saturated heterocycles. The van der Waals surface area contributed by atoms with Crippen molar-refractivity contribution in [3.8, 4) is 0 Å². The number of thiazole rings is 1. The maximum atomic E-state index is 5.94. The Bertz CT molecular complexity index is 375. The number of hydrogen-bond acceptors (Lipinski definition) is 4. The van der Waals surface area contributed by atoms with Gasteiger partial charge in [-0.3, -0.25) is 0 Å². The van der Waals surface area contributed by atoms with E-state index in [1.165, 1.54) is 30.0 Å². The van der Waals surface area contributed by atoms with E-state index >= 15 is 0 Å². The van der Waals surface area contributed by atoms with E-state index in [9.17, 15) is 0 Å². The average Bonchev–Trinajstić information content (AvgIpc) is 2.80. The van der Waals surface area contributed by atoms with Crippen LogP contribution in [0.5, 0.6) is 0 Å². The fourth-order valence-electron chi connectivity index (χ4n) is 2.82. The van der Waals surface area contributed by atoms with E-state index in [0.717, 1.165) is 32.6 Å². The lowest BCUT2D eigenvalue weighted by Crippen LogP contribution is -2.41. The number of ether oxygens (including phenoxy) is 1. The number of nitrogens with zero attached hydrogens (tertiary/aromatic N) is 1. The predicted octanol–water partition coefficient (Wildman–Crippen LogP) is 2.42. The zero-order valence-electron chi connectivity index (χ0n) is 10.2. The van der Waals surface area contributed by atoms with Gasteiger partial charge in [0, 0.05) is 36.5 Å². The quantitative estimate of drug-likeness (QED) is 0.898. The van der Waals surface area contributed by atoms with E-state index in [0.29, 0.717) is 5.92 Å². The second kappa shape index (κ2) is 4.67. The molecule has 0 atom stereocenters. The molecule has 1 aromatic rings. The topological polar surface area (TPSA) is 48.1 Å². The maximum Gasteiger partial charge on any atom is 0.100 e. The Morgan fingerprint density at radius 1 is 1.41 bits per heavy atom. The third-order valence-electron chi connectivity index (χ3n) is 4.32. The van der Waals surface area contributed by atoms with Gasteiger partial charge in [-0.1, -0.05) is 6.42 Å². The smallest absolute Gasteiger partial charge is 0.100 e. The number of hydrogen-bond donors (Lipinski definition) is 1. The Morgan fingerprint density at radius 2 is 2.18 bits per heavy atom. The Labute approximate surface area is 106 Å². The fourth-order valence-corrected chi connectivity index (χ4v) is 3.99. The first-order chi connectivity index (χ1) is 8.34. The summed E-state index contributed by atoms with van der Waals surface area (Å²) in [5.74, 6) is 0.614. The lowest BCUT2D eigenvalue weighted by molar-refractivity contribution is 0.0845. The van der Waals surface area contributed by atoms with Crippen LogP contribution < -0.4 is 5.73 Å². The van der Waals surface area contributed by atoms with Crippen LogP contribution in [0.25, 0.3) is 0 Å². The molecule has 1 aromatic heterocycles. The number of rotatable bonds is 3. The summed E-state index contributed by atoms with van der Waals surface area (Å²) >= 11 is 1.82. The summed E-state index contributed by atoms with van der Waals surface area (Å²) in [6, 6.07) is 0. The summed E-state index contributed by atoms with van der Waals surface area (Å²) in [6.45, 7) is 2.53. The van der Waals surface area contributed by atoms with Gasteiger partial charge < -0.3 is 10.5 Å². The number of aromatic nitrogens is 1. The van der Waals surface area contributed by atoms with Crippen molar-refractivity contribution in [2.75, 3.05) is 19.8 Å². The Morgan fingerprint density at radius 3 is 2.76 bits per heavy atom. The minimum atomic E-state index is 0.230. The standard InChI is InChI=1S/C13H20N2OS/c14-9-13(4-1-5-13)12-15-11(8-17-12)10-2-6-16-7-3-10/h8,10H,1-7,9,14H2. The summed E-state index contributed by atoms with van der Waals surface area (Å²) in [6.07, 6.45) is 6.01. The van der Waals surface area contributed by atoms with Gasteiger partial charge in [0.2, 0.25) is 0 Å². The molecule has 1 aliphatic heterocycles. The van der Waals surface area contributed by atoms with Gasteiger partial charge in [-0.2, -0.15) is 0 Å². The molecule has 0 aromatic carbocycles. The Balaban J connectivity index is 1.77. The molecule has 94 valence electrons. The van der Waals surface area contributed by atoms with Crippen molar-refractivity contribution in [1.29, 1.82) is 0 Å². The maximum absolute atomic E-state index is 5.94. The molecule has 1 saturated carbocycles. The zero-order chi connectivity index (χ0) is 11.7. The average molecular weight is 252 g/mol. The second-order valence-corrected chi connectivity index (χ2v) is 6.16. The molecular formula is C13H20N2OS. The van der Waals surface area contributed by atoms with Crippen LogP contribution in [0.4, 0.5) is 0 Å². The second-order valence-electron chi connectivity index (χ2n) is 5.30. The molecule has 2 fully saturated rings. The van der Waals surface area contributed by atoms with E-state index in [4.69, 9.17) is 15.5 Å². The first kappa shape index (κ1) is 11.6. The molecule has 2 N–H and O–H groups in total. The van der Waals surface area contributed by atoms with E-state index in [2.05, 4.69) is 5.38 Å². The van der Waals surface area contributed by atoms with E-state index in [1.807, 2.05) is 11.3 Å². The molecule has 2 heterocycles. The van der Waals surface area contributed by atoms with Gasteiger partial charge in [0.05, 0.1) is 5.69 Å². The highest BCUT2D eigenvalue weighted by molar-refractivity contribution is 7.09. The lowest BCUT2D eigenvalue weighted by atomic mass is 9.69. The van der Waals surface area contributed by atoms with Crippen molar-refractivity contribution in [3.63, 3.8) is 0 Å². The van der Waals surface area contributed by atoms with Crippen molar-refractivity contribution >= 4 is 11.3 Å². The lowest BCUT2D eigenvalue weighted by Gasteiger charge is -2.39. The summed E-state index contributed by atoms with van der Waals surface area (Å²) in [7, 11) is 0. The van der Waals surface area contributed by atoms with Crippen LogP contribution in [0.3, 0.4) is 0 Å². The molecule has 0 bridgehead atoms. The van der Waals surface area contributed by atoms with Crippen LogP contribution in [-0.4, -0.2) is 24.7 Å². The van der Waals surface area contributed by atoms with Gasteiger partial charge in [0.25, 0.3) is 0 Å². The first-order valence-electron chi connectivity index (χ1n) is 6.58. The van der Waals surface area contributed by atoms with Crippen molar-refractivity contribution in [2.24, 2.45) is 5.73 Å². The molecule has 0 amide bonds. The van der Waals surface area contributed by atoms with Crippen LogP contribution in [0, 0.1) is 0 Å². The highest BCUT2D eigenvalue weighted by atomic mass is 32.1. The van der Waals surface area contributed by atoms with Gasteiger partial charge in [-0.05, 0) is 25.7 Å². The van der Waals surface area contributed by atoms with Crippen LogP contribution in [0.1, 0.15) is 48.7 Å². The molecule has 0 radical (unpaired) electrons. The first-order valence-corrected chi connectivity index (χ1v) is 7.46. The van der Waals surface area contributed by atoms with Crippen molar-refractivity contribution in [3.05, 3.63) is 16.1 Å². The summed E-state index contributed by atoms with van der Waals surface area (Å²) in [5, 5.41) is 3.54. The highest BCUT2D eigenvalue weighted by Crippen LogP contribution is 2.44. The summed E-state index contributed by atoms with van der Waals surface area (Å²) in [4.78, 5) is 4.88. The molecule has 0 spiro atoms. The van der Waals surface area contributed by atoms with Crippen molar-refractivity contribution < 1.29 is 4.74 Å². The van der Waals surface area contributed by atoms with Crippen LogP contribution >= 0.6 is 11.3 Å². The van der Waals surface area contributed by atoms with Gasteiger partial charge in [-0.15, -0.1) is 11.3 Å². The van der Waals surface area contributed by atoms with Crippen LogP contribution in [0.2, 0.25) is 0 Å². The van der Waals surface area contributed by atoms with Gasteiger partial charge in [-0.25, -0.2) is 4.98 Å². The molecule has 0 unspecified atom stereocenters. The van der Waals surface area contributed by atoms with E-state index in [-0.39, 0.29) is 5.41 Å². The van der Waals surface area contributed by atoms with Gasteiger partial charge in [0.15, 0.2) is 0 Å².